The Labute approximate surface area is 75.9 Å². The van der Waals surface area contributed by atoms with Crippen LogP contribution in [-0.4, -0.2) is 51.2 Å². The SMILES string of the molecule is O=C(OC1COC1)C1COCCO1. The fraction of sp³-hybridized carbons (Fsp3) is 0.875. The van der Waals surface area contributed by atoms with Crippen LogP contribution >= 0.6 is 0 Å². The van der Waals surface area contributed by atoms with Crippen LogP contribution in [0, 0.1) is 0 Å². The second-order valence-electron chi connectivity index (χ2n) is 3.03. The Hall–Kier alpha value is -0.650. The van der Waals surface area contributed by atoms with Crippen molar-refractivity contribution in [3.05, 3.63) is 0 Å². The molecule has 0 spiro atoms. The molecule has 2 saturated heterocycles. The van der Waals surface area contributed by atoms with Gasteiger partial charge in [0.25, 0.3) is 0 Å². The van der Waals surface area contributed by atoms with Crippen molar-refractivity contribution in [2.24, 2.45) is 0 Å². The Morgan fingerprint density at radius 3 is 2.54 bits per heavy atom. The van der Waals surface area contributed by atoms with Crippen LogP contribution < -0.4 is 0 Å². The van der Waals surface area contributed by atoms with Crippen molar-refractivity contribution in [1.82, 2.24) is 0 Å². The molecule has 74 valence electrons. The van der Waals surface area contributed by atoms with Gasteiger partial charge >= 0.3 is 5.97 Å². The number of hydrogen-bond acceptors (Lipinski definition) is 5. The predicted molar refractivity (Wildman–Crippen MR) is 41.3 cm³/mol. The highest BCUT2D eigenvalue weighted by Crippen LogP contribution is 2.09. The average Bonchev–Trinajstić information content (AvgIpc) is 2.12. The third-order valence-electron chi connectivity index (χ3n) is 1.97. The van der Waals surface area contributed by atoms with Gasteiger partial charge in [0, 0.05) is 0 Å². The molecule has 0 aliphatic carbocycles. The number of carbonyl (C=O) groups is 1. The fourth-order valence-electron chi connectivity index (χ4n) is 1.15. The van der Waals surface area contributed by atoms with Gasteiger partial charge in [-0.2, -0.15) is 0 Å². The van der Waals surface area contributed by atoms with Crippen LogP contribution in [-0.2, 0) is 23.7 Å². The molecule has 0 aromatic heterocycles. The van der Waals surface area contributed by atoms with Crippen LogP contribution in [0.3, 0.4) is 0 Å². The molecule has 0 radical (unpaired) electrons. The lowest BCUT2D eigenvalue weighted by molar-refractivity contribution is -0.193. The first kappa shape index (κ1) is 8.93. The molecule has 2 rings (SSSR count). The van der Waals surface area contributed by atoms with Crippen molar-refractivity contribution in [3.63, 3.8) is 0 Å². The summed E-state index contributed by atoms with van der Waals surface area (Å²) in [6.07, 6.45) is -0.632. The lowest BCUT2D eigenvalue weighted by Crippen LogP contribution is -2.43. The van der Waals surface area contributed by atoms with Crippen molar-refractivity contribution in [2.75, 3.05) is 33.0 Å². The van der Waals surface area contributed by atoms with E-state index in [-0.39, 0.29) is 12.1 Å². The second kappa shape index (κ2) is 4.04. The molecule has 0 aromatic rings. The first-order chi connectivity index (χ1) is 6.36. The topological polar surface area (TPSA) is 54.0 Å². The van der Waals surface area contributed by atoms with E-state index in [9.17, 15) is 4.79 Å². The lowest BCUT2D eigenvalue weighted by atomic mass is 10.3. The highest BCUT2D eigenvalue weighted by molar-refractivity contribution is 5.75. The summed E-state index contributed by atoms with van der Waals surface area (Å²) in [6, 6.07) is 0. The molecule has 2 aliphatic heterocycles. The summed E-state index contributed by atoms with van der Waals surface area (Å²) in [5.74, 6) is -0.340. The Morgan fingerprint density at radius 1 is 1.15 bits per heavy atom. The molecule has 0 aromatic carbocycles. The van der Waals surface area contributed by atoms with Gasteiger partial charge in [-0.1, -0.05) is 0 Å². The fourth-order valence-corrected chi connectivity index (χ4v) is 1.15. The van der Waals surface area contributed by atoms with E-state index in [1.54, 1.807) is 0 Å². The molecule has 0 amide bonds. The van der Waals surface area contributed by atoms with Gasteiger partial charge in [0.1, 0.15) is 6.10 Å². The van der Waals surface area contributed by atoms with Gasteiger partial charge in [-0.15, -0.1) is 0 Å². The van der Waals surface area contributed by atoms with Gasteiger partial charge in [-0.25, -0.2) is 4.79 Å². The van der Waals surface area contributed by atoms with Crippen LogP contribution in [0.5, 0.6) is 0 Å². The molecule has 5 nitrogen and oxygen atoms in total. The summed E-state index contributed by atoms with van der Waals surface area (Å²) < 4.78 is 20.2. The maximum Gasteiger partial charge on any atom is 0.338 e. The number of ether oxygens (including phenoxy) is 4. The van der Waals surface area contributed by atoms with Gasteiger partial charge in [0.2, 0.25) is 0 Å². The molecule has 1 atom stereocenters. The van der Waals surface area contributed by atoms with Gasteiger partial charge in [-0.05, 0) is 0 Å². The van der Waals surface area contributed by atoms with Crippen LogP contribution in [0.25, 0.3) is 0 Å². The highest BCUT2D eigenvalue weighted by Gasteiger charge is 2.29. The van der Waals surface area contributed by atoms with Crippen LogP contribution in [0.1, 0.15) is 0 Å². The van der Waals surface area contributed by atoms with Crippen LogP contribution in [0.2, 0.25) is 0 Å². The Kier molecular flexibility index (Phi) is 2.77. The molecule has 0 bridgehead atoms. The monoisotopic (exact) mass is 188 g/mol. The van der Waals surface area contributed by atoms with E-state index in [0.717, 1.165) is 0 Å². The van der Waals surface area contributed by atoms with E-state index >= 15 is 0 Å². The van der Waals surface area contributed by atoms with Crippen molar-refractivity contribution >= 4 is 5.97 Å². The summed E-state index contributed by atoms with van der Waals surface area (Å²) in [5.41, 5.74) is 0. The molecule has 13 heavy (non-hydrogen) atoms. The van der Waals surface area contributed by atoms with E-state index in [2.05, 4.69) is 0 Å². The highest BCUT2D eigenvalue weighted by atomic mass is 16.6. The molecular weight excluding hydrogens is 176 g/mol. The van der Waals surface area contributed by atoms with Gasteiger partial charge < -0.3 is 18.9 Å². The standard InChI is InChI=1S/C8H12O5/c9-8(13-6-3-11-4-6)7-5-10-1-2-12-7/h6-7H,1-5H2. The van der Waals surface area contributed by atoms with E-state index in [4.69, 9.17) is 18.9 Å². The van der Waals surface area contributed by atoms with Crippen LogP contribution in [0.4, 0.5) is 0 Å². The smallest absolute Gasteiger partial charge is 0.338 e. The maximum absolute atomic E-state index is 11.3. The first-order valence-electron chi connectivity index (χ1n) is 4.34. The van der Waals surface area contributed by atoms with Gasteiger partial charge in [-0.3, -0.25) is 0 Å². The van der Waals surface area contributed by atoms with Crippen molar-refractivity contribution in [3.8, 4) is 0 Å². The van der Waals surface area contributed by atoms with E-state index in [1.807, 2.05) is 0 Å². The minimum absolute atomic E-state index is 0.0852. The third kappa shape index (κ3) is 2.18. The van der Waals surface area contributed by atoms with Crippen LogP contribution in [0.15, 0.2) is 0 Å². The summed E-state index contributed by atoms with van der Waals surface area (Å²) in [4.78, 5) is 11.3. The minimum Gasteiger partial charge on any atom is -0.455 e. The van der Waals surface area contributed by atoms with Gasteiger partial charge in [0.05, 0.1) is 33.0 Å². The number of rotatable bonds is 2. The Balaban J connectivity index is 1.74. The average molecular weight is 188 g/mol. The maximum atomic E-state index is 11.3. The summed E-state index contributed by atoms with van der Waals surface area (Å²) in [5, 5.41) is 0. The first-order valence-corrected chi connectivity index (χ1v) is 4.34. The molecule has 2 aliphatic rings. The zero-order chi connectivity index (χ0) is 9.10. The van der Waals surface area contributed by atoms with E-state index in [0.29, 0.717) is 33.0 Å². The quantitative estimate of drug-likeness (QED) is 0.539. The molecular formula is C8H12O5. The zero-order valence-electron chi connectivity index (χ0n) is 7.23. The van der Waals surface area contributed by atoms with Crippen molar-refractivity contribution in [1.29, 1.82) is 0 Å². The minimum atomic E-state index is -0.547. The summed E-state index contributed by atoms with van der Waals surface area (Å²) in [6.45, 7) is 2.31. The second-order valence-corrected chi connectivity index (χ2v) is 3.03. The van der Waals surface area contributed by atoms with Crippen molar-refractivity contribution < 1.29 is 23.7 Å². The number of hydrogen-bond donors (Lipinski definition) is 0. The summed E-state index contributed by atoms with van der Waals surface area (Å²) in [7, 11) is 0. The Morgan fingerprint density at radius 2 is 2.00 bits per heavy atom. The summed E-state index contributed by atoms with van der Waals surface area (Å²) >= 11 is 0. The predicted octanol–water partition coefficient (Wildman–Crippen LogP) is -0.656. The third-order valence-corrected chi connectivity index (χ3v) is 1.97. The molecule has 0 saturated carbocycles. The zero-order valence-corrected chi connectivity index (χ0v) is 7.23. The number of carbonyl (C=O) groups excluding carboxylic acids is 1. The molecule has 2 fully saturated rings. The molecule has 1 unspecified atom stereocenters. The lowest BCUT2D eigenvalue weighted by Gasteiger charge is -2.28. The number of esters is 1. The largest absolute Gasteiger partial charge is 0.455 e. The van der Waals surface area contributed by atoms with E-state index in [1.165, 1.54) is 0 Å². The molecule has 2 heterocycles. The van der Waals surface area contributed by atoms with Gasteiger partial charge in [0.15, 0.2) is 6.10 Å². The molecule has 5 heteroatoms. The van der Waals surface area contributed by atoms with Crippen molar-refractivity contribution in [2.45, 2.75) is 12.2 Å². The molecule has 0 N–H and O–H groups in total. The van der Waals surface area contributed by atoms with E-state index < -0.39 is 6.10 Å². The normalized spacial score (nSPS) is 29.4. The Bertz CT molecular complexity index is 183.